The van der Waals surface area contributed by atoms with Crippen LogP contribution in [0.25, 0.3) is 0 Å². The van der Waals surface area contributed by atoms with Gasteiger partial charge in [-0.25, -0.2) is 13.2 Å². The Hall–Kier alpha value is -1.63. The summed E-state index contributed by atoms with van der Waals surface area (Å²) in [6.07, 6.45) is 0. The Kier molecular flexibility index (Phi) is 4.06. The largest absolute Gasteiger partial charge is 0.392 e. The number of halogens is 3. The highest BCUT2D eigenvalue weighted by Crippen LogP contribution is 2.14. The van der Waals surface area contributed by atoms with E-state index in [1.54, 1.807) is 0 Å². The van der Waals surface area contributed by atoms with Gasteiger partial charge in [0.05, 0.1) is 11.0 Å². The third-order valence-corrected chi connectivity index (χ3v) is 2.36. The molecule has 0 saturated carbocycles. The first kappa shape index (κ1) is 13.4. The lowest BCUT2D eigenvalue weighted by Gasteiger charge is -2.12. The Morgan fingerprint density at radius 1 is 1.35 bits per heavy atom. The Balaban J connectivity index is 3.01. The number of hydrogen-bond donors (Lipinski definition) is 2. The van der Waals surface area contributed by atoms with Crippen LogP contribution in [0, 0.1) is 17.5 Å². The maximum atomic E-state index is 13.2. The first-order chi connectivity index (χ1) is 7.82. The summed E-state index contributed by atoms with van der Waals surface area (Å²) in [5.41, 5.74) is 4.37. The molecule has 0 fully saturated rings. The van der Waals surface area contributed by atoms with Gasteiger partial charge in [0, 0.05) is 12.1 Å². The lowest BCUT2D eigenvalue weighted by Crippen LogP contribution is -2.41. The Morgan fingerprint density at radius 2 is 1.82 bits per heavy atom. The number of carbonyl (C=O) groups excluding carboxylic acids is 1. The van der Waals surface area contributed by atoms with E-state index in [0.717, 1.165) is 0 Å². The maximum Gasteiger partial charge on any atom is 0.257 e. The van der Waals surface area contributed by atoms with Crippen molar-refractivity contribution in [3.05, 3.63) is 35.1 Å². The molecule has 1 aromatic carbocycles. The molecule has 7 heteroatoms. The molecule has 1 unspecified atom stereocenters. The summed E-state index contributed by atoms with van der Waals surface area (Å²) in [5.74, 6) is -4.70. The second-order valence-corrected chi connectivity index (χ2v) is 3.81. The van der Waals surface area contributed by atoms with Crippen LogP contribution in [0.2, 0.25) is 0 Å². The van der Waals surface area contributed by atoms with Crippen molar-refractivity contribution in [1.29, 1.82) is 0 Å². The van der Waals surface area contributed by atoms with Gasteiger partial charge in [-0.1, -0.05) is 12.2 Å². The lowest BCUT2D eigenvalue weighted by molar-refractivity contribution is 0.0940. The van der Waals surface area contributed by atoms with Crippen molar-refractivity contribution in [2.45, 2.75) is 13.0 Å². The first-order valence-electron chi connectivity index (χ1n) is 4.57. The van der Waals surface area contributed by atoms with Crippen molar-refractivity contribution in [3.63, 3.8) is 0 Å². The minimum absolute atomic E-state index is 0.0266. The molecular formula is C10H9F3N2OS. The van der Waals surface area contributed by atoms with E-state index in [1.807, 2.05) is 0 Å². The molecule has 1 aromatic rings. The van der Waals surface area contributed by atoms with E-state index in [1.165, 1.54) is 6.92 Å². The summed E-state index contributed by atoms with van der Waals surface area (Å²) in [7, 11) is 0. The molecule has 0 spiro atoms. The van der Waals surface area contributed by atoms with Crippen molar-refractivity contribution in [2.75, 3.05) is 0 Å². The van der Waals surface area contributed by atoms with Crippen LogP contribution in [-0.4, -0.2) is 16.9 Å². The van der Waals surface area contributed by atoms with Gasteiger partial charge in [-0.05, 0) is 6.92 Å². The Labute approximate surface area is 101 Å². The van der Waals surface area contributed by atoms with E-state index < -0.39 is 35.0 Å². The molecule has 0 heterocycles. The van der Waals surface area contributed by atoms with Gasteiger partial charge in [0.25, 0.3) is 5.91 Å². The highest BCUT2D eigenvalue weighted by Gasteiger charge is 2.20. The zero-order chi connectivity index (χ0) is 13.2. The van der Waals surface area contributed by atoms with E-state index in [-0.39, 0.29) is 4.99 Å². The molecule has 0 aliphatic heterocycles. The zero-order valence-corrected chi connectivity index (χ0v) is 9.58. The van der Waals surface area contributed by atoms with Gasteiger partial charge in [0.1, 0.15) is 23.0 Å². The van der Waals surface area contributed by atoms with Crippen molar-refractivity contribution >= 4 is 23.1 Å². The molecule has 1 rings (SSSR count). The Bertz CT molecular complexity index is 456. The number of rotatable bonds is 3. The highest BCUT2D eigenvalue weighted by atomic mass is 32.1. The molecular weight excluding hydrogens is 253 g/mol. The Morgan fingerprint density at radius 3 is 2.24 bits per heavy atom. The number of nitrogens with one attached hydrogen (secondary N) is 1. The third-order valence-electron chi connectivity index (χ3n) is 2.01. The van der Waals surface area contributed by atoms with Crippen molar-refractivity contribution < 1.29 is 18.0 Å². The van der Waals surface area contributed by atoms with E-state index in [4.69, 9.17) is 5.73 Å². The fourth-order valence-corrected chi connectivity index (χ4v) is 1.16. The van der Waals surface area contributed by atoms with Crippen molar-refractivity contribution in [2.24, 2.45) is 5.73 Å². The van der Waals surface area contributed by atoms with Crippen molar-refractivity contribution in [1.82, 2.24) is 5.32 Å². The summed E-state index contributed by atoms with van der Waals surface area (Å²) < 4.78 is 39.0. The lowest BCUT2D eigenvalue weighted by atomic mass is 10.1. The number of carbonyl (C=O) groups is 1. The van der Waals surface area contributed by atoms with E-state index in [9.17, 15) is 18.0 Å². The molecule has 92 valence electrons. The molecule has 0 saturated heterocycles. The van der Waals surface area contributed by atoms with Crippen LogP contribution in [0.1, 0.15) is 17.3 Å². The number of thiocarbonyl (C=S) groups is 1. The topological polar surface area (TPSA) is 55.1 Å². The summed E-state index contributed by atoms with van der Waals surface area (Å²) in [5, 5.41) is 2.19. The van der Waals surface area contributed by atoms with E-state index in [0.29, 0.717) is 12.1 Å². The standard InChI is InChI=1S/C10H9F3N2OS/c1-4(9(14)17)15-10(16)8-6(12)2-5(11)3-7(8)13/h2-4H,1H3,(H2,14,17)(H,15,16). The van der Waals surface area contributed by atoms with Crippen LogP contribution in [0.15, 0.2) is 12.1 Å². The molecule has 0 aliphatic carbocycles. The van der Waals surface area contributed by atoms with Crippen LogP contribution in [0.5, 0.6) is 0 Å². The summed E-state index contributed by atoms with van der Waals surface area (Å²) in [6, 6.07) is 0.119. The molecule has 1 atom stereocenters. The normalized spacial score (nSPS) is 12.0. The number of hydrogen-bond acceptors (Lipinski definition) is 2. The average Bonchev–Trinajstić information content (AvgIpc) is 2.15. The molecule has 0 radical (unpaired) electrons. The first-order valence-corrected chi connectivity index (χ1v) is 4.98. The SMILES string of the molecule is CC(NC(=O)c1c(F)cc(F)cc1F)C(N)=S. The van der Waals surface area contributed by atoms with Gasteiger partial charge in [0.2, 0.25) is 0 Å². The summed E-state index contributed by atoms with van der Waals surface area (Å²) in [6.45, 7) is 1.46. The smallest absolute Gasteiger partial charge is 0.257 e. The molecule has 0 aromatic heterocycles. The second kappa shape index (κ2) is 5.13. The quantitative estimate of drug-likeness (QED) is 0.812. The molecule has 3 nitrogen and oxygen atoms in total. The van der Waals surface area contributed by atoms with E-state index in [2.05, 4.69) is 17.5 Å². The van der Waals surface area contributed by atoms with Gasteiger partial charge in [0.15, 0.2) is 0 Å². The van der Waals surface area contributed by atoms with Crippen molar-refractivity contribution in [3.8, 4) is 0 Å². The monoisotopic (exact) mass is 262 g/mol. The van der Waals surface area contributed by atoms with Crippen LogP contribution >= 0.6 is 12.2 Å². The minimum atomic E-state index is -1.28. The van der Waals surface area contributed by atoms with Crippen LogP contribution in [-0.2, 0) is 0 Å². The number of nitrogens with two attached hydrogens (primary N) is 1. The molecule has 0 bridgehead atoms. The fourth-order valence-electron chi connectivity index (χ4n) is 1.10. The van der Waals surface area contributed by atoms with Gasteiger partial charge < -0.3 is 11.1 Å². The van der Waals surface area contributed by atoms with Gasteiger partial charge in [-0.3, -0.25) is 4.79 Å². The maximum absolute atomic E-state index is 13.2. The minimum Gasteiger partial charge on any atom is -0.392 e. The highest BCUT2D eigenvalue weighted by molar-refractivity contribution is 7.80. The predicted molar refractivity (Wildman–Crippen MR) is 60.0 cm³/mol. The van der Waals surface area contributed by atoms with E-state index >= 15 is 0 Å². The third kappa shape index (κ3) is 3.16. The number of benzene rings is 1. The second-order valence-electron chi connectivity index (χ2n) is 3.34. The zero-order valence-electron chi connectivity index (χ0n) is 8.76. The van der Waals surface area contributed by atoms with Gasteiger partial charge in [-0.2, -0.15) is 0 Å². The van der Waals surface area contributed by atoms with Crippen LogP contribution in [0.3, 0.4) is 0 Å². The summed E-state index contributed by atoms with van der Waals surface area (Å²) >= 11 is 4.59. The fraction of sp³-hybridized carbons (Fsp3) is 0.200. The van der Waals surface area contributed by atoms with Crippen LogP contribution < -0.4 is 11.1 Å². The van der Waals surface area contributed by atoms with Crippen LogP contribution in [0.4, 0.5) is 13.2 Å². The number of amides is 1. The van der Waals surface area contributed by atoms with Gasteiger partial charge >= 0.3 is 0 Å². The molecule has 0 aliphatic rings. The predicted octanol–water partition coefficient (Wildman–Crippen LogP) is 1.51. The molecule has 17 heavy (non-hydrogen) atoms. The van der Waals surface area contributed by atoms with Gasteiger partial charge in [-0.15, -0.1) is 0 Å². The average molecular weight is 262 g/mol. The molecule has 3 N–H and O–H groups in total. The molecule has 1 amide bonds. The summed E-state index contributed by atoms with van der Waals surface area (Å²) in [4.78, 5) is 11.5.